The Morgan fingerprint density at radius 3 is 2.50 bits per heavy atom. The van der Waals surface area contributed by atoms with Crippen molar-refractivity contribution in [2.75, 3.05) is 13.7 Å². The number of carbonyl (C=O) groups is 2. The van der Waals surface area contributed by atoms with E-state index in [1.165, 1.54) is 7.11 Å². The van der Waals surface area contributed by atoms with Crippen LogP contribution in [0, 0.1) is 5.92 Å². The maximum atomic E-state index is 11.5. The van der Waals surface area contributed by atoms with E-state index in [0.717, 1.165) is 24.2 Å². The molecule has 0 atom stereocenters. The topological polar surface area (TPSA) is 52.6 Å². The van der Waals surface area contributed by atoms with Gasteiger partial charge in [0, 0.05) is 0 Å². The van der Waals surface area contributed by atoms with Gasteiger partial charge in [-0.2, -0.15) is 0 Å². The van der Waals surface area contributed by atoms with Gasteiger partial charge in [-0.05, 0) is 30.9 Å². The number of hydrogen-bond acceptors (Lipinski definition) is 5. The van der Waals surface area contributed by atoms with Crippen LogP contribution in [-0.2, 0) is 9.47 Å². The fourth-order valence-electron chi connectivity index (χ4n) is 1.21. The molecule has 1 saturated carbocycles. The van der Waals surface area contributed by atoms with Gasteiger partial charge >= 0.3 is 11.9 Å². The Bertz CT molecular complexity index is 406. The van der Waals surface area contributed by atoms with Gasteiger partial charge < -0.3 is 9.47 Å². The van der Waals surface area contributed by atoms with Crippen LogP contribution >= 0.6 is 11.3 Å². The highest BCUT2D eigenvalue weighted by Crippen LogP contribution is 2.29. The standard InChI is InChI=1S/C11H12O4S/c1-14-10(12)8-4-5-9(16-8)11(13)15-6-7-2-3-7/h4-5,7H,2-3,6H2,1H3. The Balaban J connectivity index is 1.94. The number of thiophene rings is 1. The second-order valence-corrected chi connectivity index (χ2v) is 4.78. The fraction of sp³-hybridized carbons (Fsp3) is 0.455. The first-order valence-electron chi connectivity index (χ1n) is 5.06. The van der Waals surface area contributed by atoms with E-state index < -0.39 is 5.97 Å². The first-order chi connectivity index (χ1) is 7.70. The van der Waals surface area contributed by atoms with Crippen molar-refractivity contribution >= 4 is 23.3 Å². The van der Waals surface area contributed by atoms with Crippen LogP contribution in [0.25, 0.3) is 0 Å². The Labute approximate surface area is 97.2 Å². The number of methoxy groups -OCH3 is 1. The highest BCUT2D eigenvalue weighted by molar-refractivity contribution is 7.15. The van der Waals surface area contributed by atoms with Crippen LogP contribution in [0.4, 0.5) is 0 Å². The summed E-state index contributed by atoms with van der Waals surface area (Å²) >= 11 is 1.10. The summed E-state index contributed by atoms with van der Waals surface area (Å²) in [6, 6.07) is 3.16. The van der Waals surface area contributed by atoms with Crippen LogP contribution in [0.2, 0.25) is 0 Å². The zero-order valence-corrected chi connectivity index (χ0v) is 9.71. The largest absolute Gasteiger partial charge is 0.465 e. The summed E-state index contributed by atoms with van der Waals surface area (Å²) in [5.41, 5.74) is 0. The minimum atomic E-state index is -0.425. The lowest BCUT2D eigenvalue weighted by Crippen LogP contribution is -2.05. The van der Waals surface area contributed by atoms with E-state index in [9.17, 15) is 9.59 Å². The van der Waals surface area contributed by atoms with Gasteiger partial charge in [0.15, 0.2) is 0 Å². The van der Waals surface area contributed by atoms with E-state index in [-0.39, 0.29) is 5.97 Å². The molecule has 4 nitrogen and oxygen atoms in total. The van der Waals surface area contributed by atoms with Crippen LogP contribution < -0.4 is 0 Å². The van der Waals surface area contributed by atoms with Crippen molar-refractivity contribution in [1.29, 1.82) is 0 Å². The molecule has 1 heterocycles. The average Bonchev–Trinajstić information content (AvgIpc) is 2.99. The van der Waals surface area contributed by atoms with Crippen molar-refractivity contribution in [3.05, 3.63) is 21.9 Å². The van der Waals surface area contributed by atoms with Crippen LogP contribution in [0.5, 0.6) is 0 Å². The molecule has 5 heteroatoms. The predicted octanol–water partition coefficient (Wildman–Crippen LogP) is 2.10. The van der Waals surface area contributed by atoms with Crippen molar-refractivity contribution in [3.8, 4) is 0 Å². The van der Waals surface area contributed by atoms with E-state index >= 15 is 0 Å². The zero-order chi connectivity index (χ0) is 11.5. The summed E-state index contributed by atoms with van der Waals surface area (Å²) in [7, 11) is 1.31. The van der Waals surface area contributed by atoms with Gasteiger partial charge in [-0.3, -0.25) is 0 Å². The summed E-state index contributed by atoms with van der Waals surface area (Å²) in [6.07, 6.45) is 2.29. The minimum Gasteiger partial charge on any atom is -0.465 e. The molecule has 0 amide bonds. The van der Waals surface area contributed by atoms with E-state index in [1.54, 1.807) is 12.1 Å². The normalized spacial score (nSPS) is 14.6. The first-order valence-corrected chi connectivity index (χ1v) is 5.87. The molecule has 0 unspecified atom stereocenters. The van der Waals surface area contributed by atoms with Crippen LogP contribution in [-0.4, -0.2) is 25.7 Å². The van der Waals surface area contributed by atoms with Crippen molar-refractivity contribution in [2.24, 2.45) is 5.92 Å². The second-order valence-electron chi connectivity index (χ2n) is 3.70. The van der Waals surface area contributed by atoms with E-state index in [4.69, 9.17) is 4.74 Å². The van der Waals surface area contributed by atoms with Crippen molar-refractivity contribution < 1.29 is 19.1 Å². The number of rotatable bonds is 4. The van der Waals surface area contributed by atoms with Crippen molar-refractivity contribution in [2.45, 2.75) is 12.8 Å². The van der Waals surface area contributed by atoms with Gasteiger partial charge in [-0.15, -0.1) is 11.3 Å². The number of esters is 2. The summed E-state index contributed by atoms with van der Waals surface area (Å²) < 4.78 is 9.65. The van der Waals surface area contributed by atoms with Gasteiger partial charge in [-0.25, -0.2) is 9.59 Å². The molecule has 0 radical (unpaired) electrons. The Hall–Kier alpha value is -1.36. The zero-order valence-electron chi connectivity index (χ0n) is 8.89. The Morgan fingerprint density at radius 2 is 1.94 bits per heavy atom. The molecule has 1 fully saturated rings. The first kappa shape index (κ1) is 11.1. The van der Waals surface area contributed by atoms with E-state index in [0.29, 0.717) is 22.3 Å². The van der Waals surface area contributed by atoms with E-state index in [1.807, 2.05) is 0 Å². The smallest absolute Gasteiger partial charge is 0.348 e. The lowest BCUT2D eigenvalue weighted by molar-refractivity contribution is 0.0491. The molecule has 0 aromatic carbocycles. The third kappa shape index (κ3) is 2.61. The quantitative estimate of drug-likeness (QED) is 0.756. The van der Waals surface area contributed by atoms with Crippen LogP contribution in [0.15, 0.2) is 12.1 Å². The maximum absolute atomic E-state index is 11.5. The summed E-state index contributed by atoms with van der Waals surface area (Å²) in [5.74, 6) is -0.234. The molecule has 1 aromatic rings. The summed E-state index contributed by atoms with van der Waals surface area (Å²) in [5, 5.41) is 0. The lowest BCUT2D eigenvalue weighted by Gasteiger charge is -2.00. The van der Waals surface area contributed by atoms with Crippen LogP contribution in [0.1, 0.15) is 32.2 Å². The maximum Gasteiger partial charge on any atom is 0.348 e. The molecular weight excluding hydrogens is 228 g/mol. The molecule has 1 aromatic heterocycles. The highest BCUT2D eigenvalue weighted by Gasteiger charge is 2.24. The van der Waals surface area contributed by atoms with Gasteiger partial charge in [0.25, 0.3) is 0 Å². The third-order valence-corrected chi connectivity index (χ3v) is 3.39. The molecule has 2 rings (SSSR count). The van der Waals surface area contributed by atoms with Gasteiger partial charge in [0.05, 0.1) is 13.7 Å². The average molecular weight is 240 g/mol. The predicted molar refractivity (Wildman–Crippen MR) is 58.7 cm³/mol. The molecule has 86 valence electrons. The van der Waals surface area contributed by atoms with Gasteiger partial charge in [0.1, 0.15) is 9.75 Å². The molecule has 0 bridgehead atoms. The Kier molecular flexibility index (Phi) is 3.24. The second kappa shape index (κ2) is 4.65. The van der Waals surface area contributed by atoms with Crippen LogP contribution in [0.3, 0.4) is 0 Å². The fourth-order valence-corrected chi connectivity index (χ4v) is 2.03. The molecule has 0 saturated heterocycles. The minimum absolute atomic E-state index is 0.355. The summed E-state index contributed by atoms with van der Waals surface area (Å²) in [4.78, 5) is 23.6. The van der Waals surface area contributed by atoms with Crippen molar-refractivity contribution in [3.63, 3.8) is 0 Å². The molecule has 16 heavy (non-hydrogen) atoms. The number of hydrogen-bond donors (Lipinski definition) is 0. The van der Waals surface area contributed by atoms with E-state index in [2.05, 4.69) is 4.74 Å². The molecule has 0 spiro atoms. The molecule has 1 aliphatic carbocycles. The molecule has 1 aliphatic rings. The third-order valence-electron chi connectivity index (χ3n) is 2.34. The highest BCUT2D eigenvalue weighted by atomic mass is 32.1. The number of ether oxygens (including phenoxy) is 2. The monoisotopic (exact) mass is 240 g/mol. The molecule has 0 aliphatic heterocycles. The SMILES string of the molecule is COC(=O)c1ccc(C(=O)OCC2CC2)s1. The number of carbonyl (C=O) groups excluding carboxylic acids is 2. The molecule has 0 N–H and O–H groups in total. The van der Waals surface area contributed by atoms with Gasteiger partial charge in [-0.1, -0.05) is 0 Å². The van der Waals surface area contributed by atoms with Gasteiger partial charge in [0.2, 0.25) is 0 Å². The van der Waals surface area contributed by atoms with Crippen molar-refractivity contribution in [1.82, 2.24) is 0 Å². The summed E-state index contributed by atoms with van der Waals surface area (Å²) in [6.45, 7) is 0.490. The molecular formula is C11H12O4S. The Morgan fingerprint density at radius 1 is 1.31 bits per heavy atom. The lowest BCUT2D eigenvalue weighted by atomic mass is 10.4.